The summed E-state index contributed by atoms with van der Waals surface area (Å²) >= 11 is 0. The minimum Gasteiger partial charge on any atom is -0.481 e. The lowest BCUT2D eigenvalue weighted by atomic mass is 10.3. The highest BCUT2D eigenvalue weighted by Gasteiger charge is 2.01. The van der Waals surface area contributed by atoms with Gasteiger partial charge in [-0.2, -0.15) is 0 Å². The number of nitrogens with one attached hydrogen (secondary N) is 1. The van der Waals surface area contributed by atoms with Crippen molar-refractivity contribution >= 4 is 18.2 Å². The number of anilines is 1. The van der Waals surface area contributed by atoms with Crippen LogP contribution in [0.5, 0.6) is 0 Å². The molecule has 0 aliphatic carbocycles. The molecule has 5 nitrogen and oxygen atoms in total. The van der Waals surface area contributed by atoms with Gasteiger partial charge in [-0.15, -0.1) is 0 Å². The van der Waals surface area contributed by atoms with E-state index in [1.54, 1.807) is 18.2 Å². The molecule has 0 saturated heterocycles. The Bertz CT molecular complexity index is 325. The number of nitrogens with zero attached hydrogens (tertiary/aromatic N) is 1. The van der Waals surface area contributed by atoms with Crippen LogP contribution < -0.4 is 5.32 Å². The SMILES string of the molecule is O=CNc1cccc(CC(=O)O)n1. The van der Waals surface area contributed by atoms with Gasteiger partial charge in [0.2, 0.25) is 6.41 Å². The minimum atomic E-state index is -0.948. The molecule has 2 N–H and O–H groups in total. The lowest BCUT2D eigenvalue weighted by molar-refractivity contribution is -0.136. The Morgan fingerprint density at radius 1 is 1.62 bits per heavy atom. The molecule has 0 bridgehead atoms. The van der Waals surface area contributed by atoms with E-state index in [4.69, 9.17) is 5.11 Å². The highest BCUT2D eigenvalue weighted by molar-refractivity contribution is 5.71. The molecule has 1 aromatic heterocycles. The lowest BCUT2D eigenvalue weighted by Gasteiger charge is -1.99. The van der Waals surface area contributed by atoms with Crippen LogP contribution in [-0.4, -0.2) is 22.5 Å². The molecule has 1 aromatic rings. The van der Waals surface area contributed by atoms with Gasteiger partial charge in [-0.3, -0.25) is 9.59 Å². The van der Waals surface area contributed by atoms with Crippen molar-refractivity contribution in [2.24, 2.45) is 0 Å². The number of carbonyl (C=O) groups excluding carboxylic acids is 1. The number of rotatable bonds is 4. The van der Waals surface area contributed by atoms with E-state index in [0.717, 1.165) is 0 Å². The van der Waals surface area contributed by atoms with Gasteiger partial charge >= 0.3 is 5.97 Å². The average molecular weight is 180 g/mol. The third-order valence-electron chi connectivity index (χ3n) is 1.35. The molecule has 13 heavy (non-hydrogen) atoms. The zero-order valence-corrected chi connectivity index (χ0v) is 6.73. The third kappa shape index (κ3) is 2.90. The predicted octanol–water partition coefficient (Wildman–Crippen LogP) is 0.277. The fourth-order valence-corrected chi connectivity index (χ4v) is 0.874. The van der Waals surface area contributed by atoms with Crippen molar-refractivity contribution in [2.45, 2.75) is 6.42 Å². The van der Waals surface area contributed by atoms with Crippen LogP contribution in [0, 0.1) is 0 Å². The maximum absolute atomic E-state index is 10.3. The van der Waals surface area contributed by atoms with Crippen molar-refractivity contribution in [3.63, 3.8) is 0 Å². The molecule has 0 atom stereocenters. The summed E-state index contributed by atoms with van der Waals surface area (Å²) in [6.07, 6.45) is 0.348. The molecule has 0 fully saturated rings. The molecule has 0 spiro atoms. The monoisotopic (exact) mass is 180 g/mol. The highest BCUT2D eigenvalue weighted by atomic mass is 16.4. The first-order chi connectivity index (χ1) is 6.22. The Kier molecular flexibility index (Phi) is 2.97. The molecule has 1 amide bonds. The van der Waals surface area contributed by atoms with Gasteiger partial charge in [0.05, 0.1) is 12.1 Å². The zero-order valence-electron chi connectivity index (χ0n) is 6.73. The molecule has 0 radical (unpaired) electrons. The summed E-state index contributed by atoms with van der Waals surface area (Å²) < 4.78 is 0. The van der Waals surface area contributed by atoms with E-state index < -0.39 is 5.97 Å². The quantitative estimate of drug-likeness (QED) is 0.652. The number of aliphatic carboxylic acids is 1. The molecule has 0 unspecified atom stereocenters. The molecule has 0 saturated carbocycles. The summed E-state index contributed by atoms with van der Waals surface area (Å²) in [5.74, 6) is -0.593. The zero-order chi connectivity index (χ0) is 9.68. The number of hydrogen-bond donors (Lipinski definition) is 2. The minimum absolute atomic E-state index is 0.144. The summed E-state index contributed by atoms with van der Waals surface area (Å²) in [5, 5.41) is 10.8. The van der Waals surface area contributed by atoms with Crippen molar-refractivity contribution < 1.29 is 14.7 Å². The van der Waals surface area contributed by atoms with Crippen molar-refractivity contribution in [1.29, 1.82) is 0 Å². The van der Waals surface area contributed by atoms with Gasteiger partial charge in [0.1, 0.15) is 5.82 Å². The molecule has 0 aliphatic rings. The molecule has 0 aromatic carbocycles. The summed E-state index contributed by atoms with van der Waals surface area (Å²) in [7, 11) is 0. The largest absolute Gasteiger partial charge is 0.481 e. The molecular formula is C8H8N2O3. The van der Waals surface area contributed by atoms with Gasteiger partial charge in [0, 0.05) is 0 Å². The Hall–Kier alpha value is -1.91. The van der Waals surface area contributed by atoms with Crippen LogP contribution in [0.4, 0.5) is 5.82 Å². The molecule has 5 heteroatoms. The van der Waals surface area contributed by atoms with E-state index in [2.05, 4.69) is 10.3 Å². The lowest BCUT2D eigenvalue weighted by Crippen LogP contribution is -2.04. The molecule has 1 heterocycles. The van der Waals surface area contributed by atoms with Gasteiger partial charge < -0.3 is 10.4 Å². The van der Waals surface area contributed by atoms with Gasteiger partial charge in [0.25, 0.3) is 0 Å². The van der Waals surface area contributed by atoms with Gasteiger partial charge in [-0.1, -0.05) is 6.07 Å². The van der Waals surface area contributed by atoms with E-state index in [1.807, 2.05) is 0 Å². The van der Waals surface area contributed by atoms with Crippen LogP contribution in [0.3, 0.4) is 0 Å². The number of hydrogen-bond acceptors (Lipinski definition) is 3. The maximum atomic E-state index is 10.3. The molecular weight excluding hydrogens is 172 g/mol. The van der Waals surface area contributed by atoms with Crippen molar-refractivity contribution in [2.75, 3.05) is 5.32 Å². The van der Waals surface area contributed by atoms with Crippen LogP contribution in [0.25, 0.3) is 0 Å². The van der Waals surface area contributed by atoms with E-state index >= 15 is 0 Å². The summed E-state index contributed by atoms with van der Waals surface area (Å²) in [6, 6.07) is 4.81. The maximum Gasteiger partial charge on any atom is 0.309 e. The number of carboxylic acid groups (broad SMARTS) is 1. The fourth-order valence-electron chi connectivity index (χ4n) is 0.874. The highest BCUT2D eigenvalue weighted by Crippen LogP contribution is 2.04. The van der Waals surface area contributed by atoms with Crippen molar-refractivity contribution in [1.82, 2.24) is 4.98 Å². The van der Waals surface area contributed by atoms with Gasteiger partial charge in [0.15, 0.2) is 0 Å². The topological polar surface area (TPSA) is 79.3 Å². The van der Waals surface area contributed by atoms with Gasteiger partial charge in [-0.05, 0) is 12.1 Å². The Labute approximate surface area is 74.4 Å². The number of carboxylic acids is 1. The first-order valence-corrected chi connectivity index (χ1v) is 3.60. The van der Waals surface area contributed by atoms with Crippen LogP contribution in [0.1, 0.15) is 5.69 Å². The van der Waals surface area contributed by atoms with Crippen LogP contribution >= 0.6 is 0 Å². The predicted molar refractivity (Wildman–Crippen MR) is 45.3 cm³/mol. The van der Waals surface area contributed by atoms with Crippen LogP contribution in [0.2, 0.25) is 0 Å². The van der Waals surface area contributed by atoms with Crippen LogP contribution in [0.15, 0.2) is 18.2 Å². The summed E-state index contributed by atoms with van der Waals surface area (Å²) in [5.41, 5.74) is 0.416. The number of amides is 1. The molecule has 68 valence electrons. The molecule has 1 rings (SSSR count). The Morgan fingerprint density at radius 3 is 3.00 bits per heavy atom. The normalized spacial score (nSPS) is 9.23. The number of aromatic nitrogens is 1. The first kappa shape index (κ1) is 9.18. The number of pyridine rings is 1. The fraction of sp³-hybridized carbons (Fsp3) is 0.125. The molecule has 0 aliphatic heterocycles. The third-order valence-corrected chi connectivity index (χ3v) is 1.35. The second-order valence-electron chi connectivity index (χ2n) is 2.35. The smallest absolute Gasteiger partial charge is 0.309 e. The summed E-state index contributed by atoms with van der Waals surface area (Å²) in [4.78, 5) is 24.2. The van der Waals surface area contributed by atoms with Crippen molar-refractivity contribution in [3.05, 3.63) is 23.9 Å². The Morgan fingerprint density at radius 2 is 2.38 bits per heavy atom. The van der Waals surface area contributed by atoms with Crippen molar-refractivity contribution in [3.8, 4) is 0 Å². The van der Waals surface area contributed by atoms with E-state index in [9.17, 15) is 9.59 Å². The average Bonchev–Trinajstić information content (AvgIpc) is 2.04. The first-order valence-electron chi connectivity index (χ1n) is 3.60. The van der Waals surface area contributed by atoms with Crippen LogP contribution in [-0.2, 0) is 16.0 Å². The van der Waals surface area contributed by atoms with E-state index in [-0.39, 0.29) is 6.42 Å². The van der Waals surface area contributed by atoms with E-state index in [0.29, 0.717) is 17.9 Å². The second kappa shape index (κ2) is 4.20. The standard InChI is InChI=1S/C8H8N2O3/c11-5-9-7-3-1-2-6(10-7)4-8(12)13/h1-3,5H,4H2,(H,12,13)(H,9,10,11). The second-order valence-corrected chi connectivity index (χ2v) is 2.35. The number of carbonyl (C=O) groups is 2. The van der Waals surface area contributed by atoms with Gasteiger partial charge in [-0.25, -0.2) is 4.98 Å². The van der Waals surface area contributed by atoms with E-state index in [1.165, 1.54) is 0 Å². The summed E-state index contributed by atoms with van der Waals surface area (Å²) in [6.45, 7) is 0. The Balaban J connectivity index is 2.78.